The Labute approximate surface area is 186 Å². The number of nitrogens with zero attached hydrogens (tertiary/aromatic N) is 2. The minimum Gasteiger partial charge on any atom is -0.378 e. The molecule has 0 spiro atoms. The Morgan fingerprint density at radius 2 is 1.73 bits per heavy atom. The van der Waals surface area contributed by atoms with Crippen LogP contribution in [-0.4, -0.2) is 58.5 Å². The van der Waals surface area contributed by atoms with Gasteiger partial charge in [0.2, 0.25) is 15.9 Å². The van der Waals surface area contributed by atoms with Gasteiger partial charge in [-0.05, 0) is 48.9 Å². The molecule has 0 aromatic heterocycles. The van der Waals surface area contributed by atoms with Crippen molar-refractivity contribution in [2.45, 2.75) is 17.9 Å². The molecule has 1 amide bonds. The highest BCUT2D eigenvalue weighted by molar-refractivity contribution is 9.10. The van der Waals surface area contributed by atoms with E-state index in [2.05, 4.69) is 26.1 Å². The number of halogens is 1. The maximum Gasteiger partial charge on any atom is 0.243 e. The van der Waals surface area contributed by atoms with Gasteiger partial charge in [-0.3, -0.25) is 4.79 Å². The summed E-state index contributed by atoms with van der Waals surface area (Å²) in [6, 6.07) is 14.1. The number of anilines is 1. The number of likely N-dealkylation sites (N-methyl/N-ethyl adjacent to an activating group) is 1. The third-order valence-corrected chi connectivity index (χ3v) is 7.38. The second-order valence-corrected chi connectivity index (χ2v) is 10.2. The number of benzene rings is 2. The van der Waals surface area contributed by atoms with E-state index in [-0.39, 0.29) is 23.4 Å². The van der Waals surface area contributed by atoms with Gasteiger partial charge in [-0.2, -0.15) is 4.31 Å². The summed E-state index contributed by atoms with van der Waals surface area (Å²) in [5.41, 5.74) is 2.08. The van der Waals surface area contributed by atoms with Gasteiger partial charge >= 0.3 is 0 Å². The molecule has 0 radical (unpaired) electrons. The molecule has 2 aromatic rings. The first kappa shape index (κ1) is 22.7. The van der Waals surface area contributed by atoms with Crippen molar-refractivity contribution in [3.63, 3.8) is 0 Å². The molecule has 30 heavy (non-hydrogen) atoms. The third-order valence-electron chi connectivity index (χ3n) is 5.03. The molecule has 1 atom stereocenters. The fourth-order valence-electron chi connectivity index (χ4n) is 3.24. The summed E-state index contributed by atoms with van der Waals surface area (Å²) in [4.78, 5) is 14.8. The van der Waals surface area contributed by atoms with Gasteiger partial charge in [0.1, 0.15) is 0 Å². The van der Waals surface area contributed by atoms with E-state index in [1.807, 2.05) is 31.2 Å². The van der Waals surface area contributed by atoms with Gasteiger partial charge in [0, 0.05) is 30.3 Å². The van der Waals surface area contributed by atoms with Crippen LogP contribution >= 0.6 is 15.9 Å². The van der Waals surface area contributed by atoms with E-state index in [9.17, 15) is 13.2 Å². The van der Waals surface area contributed by atoms with E-state index < -0.39 is 10.0 Å². The summed E-state index contributed by atoms with van der Waals surface area (Å²) in [6.45, 7) is 4.81. The van der Waals surface area contributed by atoms with E-state index >= 15 is 0 Å². The van der Waals surface area contributed by atoms with Crippen molar-refractivity contribution >= 4 is 37.5 Å². The Bertz CT molecular complexity index is 959. The molecule has 0 bridgehead atoms. The summed E-state index contributed by atoms with van der Waals surface area (Å²) in [5.74, 6) is -0.358. The lowest BCUT2D eigenvalue weighted by atomic mass is 10.1. The molecule has 0 aliphatic carbocycles. The minimum atomic E-state index is -3.73. The Balaban J connectivity index is 1.57. The van der Waals surface area contributed by atoms with Crippen molar-refractivity contribution in [3.05, 3.63) is 58.6 Å². The maximum absolute atomic E-state index is 12.6. The Morgan fingerprint density at radius 1 is 1.13 bits per heavy atom. The number of rotatable bonds is 7. The summed E-state index contributed by atoms with van der Waals surface area (Å²) in [7, 11) is -2.33. The molecule has 1 saturated heterocycles. The summed E-state index contributed by atoms with van der Waals surface area (Å²) in [5, 5.41) is 2.87. The molecule has 1 unspecified atom stereocenters. The number of sulfonamides is 1. The molecule has 1 N–H and O–H groups in total. The van der Waals surface area contributed by atoms with Crippen LogP contribution in [0.4, 0.5) is 5.69 Å². The zero-order chi connectivity index (χ0) is 21.7. The molecule has 7 nitrogen and oxygen atoms in total. The third kappa shape index (κ3) is 5.60. The van der Waals surface area contributed by atoms with Crippen LogP contribution in [0.15, 0.2) is 57.9 Å². The average molecular weight is 496 g/mol. The zero-order valence-corrected chi connectivity index (χ0v) is 19.4. The topological polar surface area (TPSA) is 79.0 Å². The first-order chi connectivity index (χ1) is 14.3. The van der Waals surface area contributed by atoms with Crippen molar-refractivity contribution in [1.29, 1.82) is 0 Å². The number of ether oxygens (including phenoxy) is 1. The van der Waals surface area contributed by atoms with E-state index in [0.717, 1.165) is 46.3 Å². The highest BCUT2D eigenvalue weighted by Gasteiger charge is 2.23. The normalized spacial score (nSPS) is 15.8. The van der Waals surface area contributed by atoms with Gasteiger partial charge in [0.05, 0.1) is 30.7 Å². The molecule has 162 valence electrons. The fourth-order valence-corrected chi connectivity index (χ4v) is 4.63. The number of nitrogens with one attached hydrogen (secondary N) is 1. The second-order valence-electron chi connectivity index (χ2n) is 7.20. The number of hydrogen-bond acceptors (Lipinski definition) is 5. The maximum atomic E-state index is 12.6. The molecular formula is C21H26BrN3O4S. The van der Waals surface area contributed by atoms with Crippen LogP contribution < -0.4 is 10.2 Å². The quantitative estimate of drug-likeness (QED) is 0.638. The average Bonchev–Trinajstić information content (AvgIpc) is 2.74. The van der Waals surface area contributed by atoms with Crippen molar-refractivity contribution in [3.8, 4) is 0 Å². The van der Waals surface area contributed by atoms with Gasteiger partial charge < -0.3 is 15.0 Å². The SMILES string of the molecule is CC(NC(=O)CN(C)S(=O)(=O)c1ccc(Br)cc1)c1ccc(N2CCOCC2)cc1. The van der Waals surface area contributed by atoms with E-state index in [0.29, 0.717) is 0 Å². The van der Waals surface area contributed by atoms with Gasteiger partial charge in [0.25, 0.3) is 0 Å². The fraction of sp³-hybridized carbons (Fsp3) is 0.381. The molecule has 1 aliphatic rings. The summed E-state index contributed by atoms with van der Waals surface area (Å²) in [6.07, 6.45) is 0. The van der Waals surface area contributed by atoms with Gasteiger partial charge in [-0.25, -0.2) is 8.42 Å². The minimum absolute atomic E-state index is 0.146. The lowest BCUT2D eigenvalue weighted by Gasteiger charge is -2.29. The van der Waals surface area contributed by atoms with Crippen molar-refractivity contribution in [2.24, 2.45) is 0 Å². The summed E-state index contributed by atoms with van der Waals surface area (Å²) >= 11 is 3.28. The first-order valence-corrected chi connectivity index (χ1v) is 11.9. The Kier molecular flexibility index (Phi) is 7.51. The van der Waals surface area contributed by atoms with Crippen molar-refractivity contribution < 1.29 is 17.9 Å². The molecule has 3 rings (SSSR count). The van der Waals surface area contributed by atoms with Crippen LogP contribution in [0.1, 0.15) is 18.5 Å². The van der Waals surface area contributed by atoms with Gasteiger partial charge in [0.15, 0.2) is 0 Å². The highest BCUT2D eigenvalue weighted by atomic mass is 79.9. The zero-order valence-electron chi connectivity index (χ0n) is 17.0. The number of carbonyl (C=O) groups excluding carboxylic acids is 1. The Morgan fingerprint density at radius 3 is 2.33 bits per heavy atom. The molecule has 1 aliphatic heterocycles. The van der Waals surface area contributed by atoms with Crippen LogP contribution in [0.25, 0.3) is 0 Å². The lowest BCUT2D eigenvalue weighted by molar-refractivity contribution is -0.121. The van der Waals surface area contributed by atoms with Crippen LogP contribution in [-0.2, 0) is 19.6 Å². The van der Waals surface area contributed by atoms with Crippen LogP contribution in [0, 0.1) is 0 Å². The lowest BCUT2D eigenvalue weighted by Crippen LogP contribution is -2.39. The Hall–Kier alpha value is -1.94. The smallest absolute Gasteiger partial charge is 0.243 e. The van der Waals surface area contributed by atoms with Crippen molar-refractivity contribution in [1.82, 2.24) is 9.62 Å². The largest absolute Gasteiger partial charge is 0.378 e. The van der Waals surface area contributed by atoms with E-state index in [4.69, 9.17) is 4.74 Å². The number of morpholine rings is 1. The van der Waals surface area contributed by atoms with Crippen LogP contribution in [0.5, 0.6) is 0 Å². The van der Waals surface area contributed by atoms with Gasteiger partial charge in [-0.15, -0.1) is 0 Å². The predicted molar refractivity (Wildman–Crippen MR) is 120 cm³/mol. The van der Waals surface area contributed by atoms with E-state index in [1.54, 1.807) is 12.1 Å². The van der Waals surface area contributed by atoms with Gasteiger partial charge in [-0.1, -0.05) is 28.1 Å². The standard InChI is InChI=1S/C21H26BrN3O4S/c1-16(17-3-7-19(8-4-17)25-11-13-29-14-12-25)23-21(26)15-24(2)30(27,28)20-9-5-18(22)6-10-20/h3-10,16H,11-15H2,1-2H3,(H,23,26). The molecule has 0 saturated carbocycles. The monoisotopic (exact) mass is 495 g/mol. The number of hydrogen-bond donors (Lipinski definition) is 1. The molecule has 9 heteroatoms. The summed E-state index contributed by atoms with van der Waals surface area (Å²) < 4.78 is 32.5. The van der Waals surface area contributed by atoms with E-state index in [1.165, 1.54) is 19.2 Å². The molecule has 2 aromatic carbocycles. The molecular weight excluding hydrogens is 470 g/mol. The highest BCUT2D eigenvalue weighted by Crippen LogP contribution is 2.21. The molecule has 1 fully saturated rings. The van der Waals surface area contributed by atoms with Crippen LogP contribution in [0.3, 0.4) is 0 Å². The molecule has 1 heterocycles. The predicted octanol–water partition coefficient (Wildman–Crippen LogP) is 2.78. The van der Waals surface area contributed by atoms with Crippen molar-refractivity contribution in [2.75, 3.05) is 44.8 Å². The number of carbonyl (C=O) groups is 1. The number of amides is 1. The first-order valence-electron chi connectivity index (χ1n) is 9.71. The second kappa shape index (κ2) is 9.91. The van der Waals surface area contributed by atoms with Crippen LogP contribution in [0.2, 0.25) is 0 Å².